The number of halogens is 1. The lowest BCUT2D eigenvalue weighted by molar-refractivity contribution is -0.126. The minimum atomic E-state index is -0.672. The smallest absolute Gasteiger partial charge is 0.414 e. The van der Waals surface area contributed by atoms with Crippen LogP contribution in [-0.4, -0.2) is 78.9 Å². The number of carbonyl (C=O) groups is 4. The first kappa shape index (κ1) is 25.7. The Kier molecular flexibility index (Phi) is 6.89. The number of fused-ring (bicyclic) bond motifs is 1. The van der Waals surface area contributed by atoms with Gasteiger partial charge in [0.25, 0.3) is 11.7 Å². The van der Waals surface area contributed by atoms with E-state index < -0.39 is 29.7 Å². The van der Waals surface area contributed by atoms with Gasteiger partial charge >= 0.3 is 6.09 Å². The topological polar surface area (TPSA) is 139 Å². The predicted molar refractivity (Wildman–Crippen MR) is 139 cm³/mol. The molecule has 0 saturated carbocycles. The summed E-state index contributed by atoms with van der Waals surface area (Å²) in [6.07, 6.45) is 0.320. The highest BCUT2D eigenvalue weighted by Crippen LogP contribution is 2.29. The fourth-order valence-corrected chi connectivity index (χ4v) is 4.80. The van der Waals surface area contributed by atoms with Gasteiger partial charge in [-0.2, -0.15) is 5.26 Å². The zero-order valence-electron chi connectivity index (χ0n) is 21.1. The highest BCUT2D eigenvalue weighted by Gasteiger charge is 2.33. The van der Waals surface area contributed by atoms with Gasteiger partial charge < -0.3 is 24.8 Å². The van der Waals surface area contributed by atoms with Crippen LogP contribution in [0.3, 0.4) is 0 Å². The molecular formula is C27H25FN6O5. The highest BCUT2D eigenvalue weighted by atomic mass is 19.1. The first-order valence-corrected chi connectivity index (χ1v) is 12.4. The molecule has 0 aliphatic carbocycles. The van der Waals surface area contributed by atoms with Crippen molar-refractivity contribution < 1.29 is 28.3 Å². The SMILES string of the molecule is CC(=O)NC[C@H]1CN(c2ccc(N3CCN(C(=O)C(=O)c4c[nH]c5ccc(C#N)cc45)CC3)c(F)c2)C(=O)O1. The van der Waals surface area contributed by atoms with E-state index in [0.29, 0.717) is 40.9 Å². The largest absolute Gasteiger partial charge is 0.442 e. The van der Waals surface area contributed by atoms with Crippen LogP contribution in [0.1, 0.15) is 22.8 Å². The Morgan fingerprint density at radius 1 is 1.15 bits per heavy atom. The van der Waals surface area contributed by atoms with Gasteiger partial charge in [0.15, 0.2) is 0 Å². The number of nitrogens with zero attached hydrogens (tertiary/aromatic N) is 4. The van der Waals surface area contributed by atoms with Crippen molar-refractivity contribution in [3.05, 3.63) is 59.5 Å². The number of hydrogen-bond donors (Lipinski definition) is 2. The Morgan fingerprint density at radius 3 is 2.62 bits per heavy atom. The second-order valence-corrected chi connectivity index (χ2v) is 9.37. The molecule has 2 aromatic carbocycles. The van der Waals surface area contributed by atoms with E-state index in [2.05, 4.69) is 10.3 Å². The third-order valence-corrected chi connectivity index (χ3v) is 6.85. The van der Waals surface area contributed by atoms with E-state index in [0.717, 1.165) is 0 Å². The molecule has 11 nitrogen and oxygen atoms in total. The molecule has 3 heterocycles. The highest BCUT2D eigenvalue weighted by molar-refractivity contribution is 6.44. The lowest BCUT2D eigenvalue weighted by Crippen LogP contribution is -2.50. The number of nitrogens with one attached hydrogen (secondary N) is 2. The molecule has 2 N–H and O–H groups in total. The summed E-state index contributed by atoms with van der Waals surface area (Å²) >= 11 is 0. The molecule has 5 rings (SSSR count). The quantitative estimate of drug-likeness (QED) is 0.366. The van der Waals surface area contributed by atoms with E-state index >= 15 is 4.39 Å². The van der Waals surface area contributed by atoms with Crippen LogP contribution in [0, 0.1) is 17.1 Å². The summed E-state index contributed by atoms with van der Waals surface area (Å²) in [6.45, 7) is 2.79. The molecule has 0 unspecified atom stereocenters. The molecule has 2 saturated heterocycles. The van der Waals surface area contributed by atoms with Gasteiger partial charge in [-0.1, -0.05) is 0 Å². The average molecular weight is 533 g/mol. The molecule has 39 heavy (non-hydrogen) atoms. The van der Waals surface area contributed by atoms with Crippen LogP contribution in [0.5, 0.6) is 0 Å². The summed E-state index contributed by atoms with van der Waals surface area (Å²) < 4.78 is 20.3. The van der Waals surface area contributed by atoms with Crippen LogP contribution in [-0.2, 0) is 14.3 Å². The Hall–Kier alpha value is -4.92. The number of rotatable bonds is 6. The third-order valence-electron chi connectivity index (χ3n) is 6.85. The number of anilines is 2. The molecule has 12 heteroatoms. The van der Waals surface area contributed by atoms with Crippen LogP contribution < -0.4 is 15.1 Å². The van der Waals surface area contributed by atoms with E-state index in [1.165, 1.54) is 29.0 Å². The van der Waals surface area contributed by atoms with Crippen molar-refractivity contribution in [3.8, 4) is 6.07 Å². The van der Waals surface area contributed by atoms with E-state index in [9.17, 15) is 19.2 Å². The molecule has 2 fully saturated rings. The second kappa shape index (κ2) is 10.4. The van der Waals surface area contributed by atoms with Crippen LogP contribution in [0.15, 0.2) is 42.6 Å². The fourth-order valence-electron chi connectivity index (χ4n) is 4.80. The van der Waals surface area contributed by atoms with Crippen molar-refractivity contribution in [3.63, 3.8) is 0 Å². The van der Waals surface area contributed by atoms with E-state index in [4.69, 9.17) is 10.00 Å². The summed E-state index contributed by atoms with van der Waals surface area (Å²) in [6, 6.07) is 11.4. The molecule has 2 aliphatic heterocycles. The number of H-pyrrole nitrogens is 1. The Morgan fingerprint density at radius 2 is 1.92 bits per heavy atom. The number of aromatic amines is 1. The van der Waals surface area contributed by atoms with Gasteiger partial charge in [-0.3, -0.25) is 19.3 Å². The molecule has 1 aromatic heterocycles. The van der Waals surface area contributed by atoms with E-state index in [-0.39, 0.29) is 37.6 Å². The number of benzene rings is 2. The second-order valence-electron chi connectivity index (χ2n) is 9.37. The van der Waals surface area contributed by atoms with Gasteiger partial charge in [-0.15, -0.1) is 0 Å². The zero-order valence-corrected chi connectivity index (χ0v) is 21.1. The molecule has 2 aliphatic rings. The maximum Gasteiger partial charge on any atom is 0.414 e. The number of cyclic esters (lactones) is 1. The lowest BCUT2D eigenvalue weighted by atomic mass is 10.1. The van der Waals surface area contributed by atoms with Crippen molar-refractivity contribution in [1.29, 1.82) is 5.26 Å². The van der Waals surface area contributed by atoms with E-state index in [1.807, 2.05) is 6.07 Å². The number of Topliss-reactive ketones (excluding diaryl/α,β-unsaturated/α-hetero) is 1. The van der Waals surface area contributed by atoms with Gasteiger partial charge in [0.2, 0.25) is 5.91 Å². The lowest BCUT2D eigenvalue weighted by Gasteiger charge is -2.36. The van der Waals surface area contributed by atoms with Gasteiger partial charge in [-0.25, -0.2) is 9.18 Å². The summed E-state index contributed by atoms with van der Waals surface area (Å²) in [5, 5.41) is 12.3. The number of nitriles is 1. The number of amides is 3. The van der Waals surface area contributed by atoms with Gasteiger partial charge in [0, 0.05) is 50.2 Å². The first-order valence-electron chi connectivity index (χ1n) is 12.4. The molecule has 200 valence electrons. The van der Waals surface area contributed by atoms with Crippen LogP contribution in [0.2, 0.25) is 0 Å². The minimum Gasteiger partial charge on any atom is -0.442 e. The van der Waals surface area contributed by atoms with Crippen LogP contribution in [0.4, 0.5) is 20.6 Å². The van der Waals surface area contributed by atoms with Crippen molar-refractivity contribution in [2.45, 2.75) is 13.0 Å². The number of aromatic nitrogens is 1. The first-order chi connectivity index (χ1) is 18.7. The van der Waals surface area contributed by atoms with Crippen LogP contribution in [0.25, 0.3) is 10.9 Å². The fraction of sp³-hybridized carbons (Fsp3) is 0.296. The Balaban J connectivity index is 1.22. The van der Waals surface area contributed by atoms with E-state index in [1.54, 1.807) is 35.2 Å². The maximum absolute atomic E-state index is 15.1. The molecule has 0 bridgehead atoms. The number of carbonyl (C=O) groups excluding carboxylic acids is 4. The third kappa shape index (κ3) is 5.11. The number of ether oxygens (including phenoxy) is 1. The summed E-state index contributed by atoms with van der Waals surface area (Å²) in [5.41, 5.74) is 1.90. The summed E-state index contributed by atoms with van der Waals surface area (Å²) in [4.78, 5) is 56.8. The standard InChI is InChI=1S/C27H25FN6O5/c1-16(35)30-13-19-15-34(27(38)39-19)18-3-5-24(22(28)11-18)32-6-8-33(9-7-32)26(37)25(36)21-14-31-23-4-2-17(12-29)10-20(21)23/h2-5,10-11,14,19,31H,6-9,13,15H2,1H3,(H,30,35)/t19-/m0/s1. The van der Waals surface area contributed by atoms with Crippen molar-refractivity contribution in [1.82, 2.24) is 15.2 Å². The molecule has 3 aromatic rings. The Labute approximate surface area is 222 Å². The average Bonchev–Trinajstić information content (AvgIpc) is 3.53. The molecule has 3 amide bonds. The molecule has 0 radical (unpaired) electrons. The molecular weight excluding hydrogens is 507 g/mol. The normalized spacial score (nSPS) is 17.2. The predicted octanol–water partition coefficient (Wildman–Crippen LogP) is 2.17. The Bertz CT molecular complexity index is 1520. The minimum absolute atomic E-state index is 0.171. The van der Waals surface area contributed by atoms with Crippen LogP contribution >= 0.6 is 0 Å². The molecule has 0 spiro atoms. The zero-order chi connectivity index (χ0) is 27.7. The van der Waals surface area contributed by atoms with Gasteiger partial charge in [0.1, 0.15) is 11.9 Å². The van der Waals surface area contributed by atoms with Crippen molar-refractivity contribution >= 4 is 46.0 Å². The number of piperazine rings is 1. The summed E-state index contributed by atoms with van der Waals surface area (Å²) in [5.74, 6) is -2.10. The van der Waals surface area contributed by atoms with Crippen molar-refractivity contribution in [2.24, 2.45) is 0 Å². The number of ketones is 1. The van der Waals surface area contributed by atoms with Gasteiger partial charge in [-0.05, 0) is 36.4 Å². The summed E-state index contributed by atoms with van der Waals surface area (Å²) in [7, 11) is 0. The maximum atomic E-state index is 15.1. The number of hydrogen-bond acceptors (Lipinski definition) is 7. The monoisotopic (exact) mass is 532 g/mol. The molecule has 1 atom stereocenters. The van der Waals surface area contributed by atoms with Gasteiger partial charge in [0.05, 0.1) is 41.7 Å². The van der Waals surface area contributed by atoms with Crippen molar-refractivity contribution in [2.75, 3.05) is 49.1 Å².